The molecule has 0 aromatic heterocycles. The van der Waals surface area contributed by atoms with Crippen molar-refractivity contribution in [3.05, 3.63) is 35.6 Å². The molecule has 0 spiro atoms. The Morgan fingerprint density at radius 1 is 0.950 bits per heavy atom. The van der Waals surface area contributed by atoms with E-state index < -0.39 is 9.84 Å². The van der Waals surface area contributed by atoms with E-state index in [1.54, 1.807) is 13.8 Å². The first kappa shape index (κ1) is 17.2. The molecule has 0 atom stereocenters. The highest BCUT2D eigenvalue weighted by molar-refractivity contribution is 7.91. The predicted octanol–water partition coefficient (Wildman–Crippen LogP) is 4.14. The number of aryl methyl sites for hydroxylation is 1. The second-order valence-electron chi connectivity index (χ2n) is 5.56. The van der Waals surface area contributed by atoms with Gasteiger partial charge in [0.1, 0.15) is 5.82 Å². The van der Waals surface area contributed by atoms with Crippen molar-refractivity contribution < 1.29 is 12.8 Å². The van der Waals surface area contributed by atoms with Crippen LogP contribution in [0, 0.1) is 5.82 Å². The van der Waals surface area contributed by atoms with Gasteiger partial charge in [0.15, 0.2) is 9.84 Å². The first-order chi connectivity index (χ1) is 9.42. The highest BCUT2D eigenvalue weighted by Crippen LogP contribution is 2.11. The van der Waals surface area contributed by atoms with Gasteiger partial charge >= 0.3 is 0 Å². The number of hydrogen-bond donors (Lipinski definition) is 0. The summed E-state index contributed by atoms with van der Waals surface area (Å²) in [6.07, 6.45) is 5.92. The van der Waals surface area contributed by atoms with Crippen LogP contribution in [-0.4, -0.2) is 19.4 Å². The van der Waals surface area contributed by atoms with Gasteiger partial charge in [0.05, 0.1) is 11.0 Å². The normalized spacial score (nSPS) is 12.0. The molecule has 0 heterocycles. The summed E-state index contributed by atoms with van der Waals surface area (Å²) in [4.78, 5) is 0. The Bertz CT molecular complexity index is 478. The summed E-state index contributed by atoms with van der Waals surface area (Å²) in [5.41, 5.74) is 1.16. The summed E-state index contributed by atoms with van der Waals surface area (Å²) in [5, 5.41) is -0.263. The van der Waals surface area contributed by atoms with Crippen LogP contribution in [0.1, 0.15) is 51.5 Å². The van der Waals surface area contributed by atoms with E-state index in [0.29, 0.717) is 5.75 Å². The number of rotatable bonds is 9. The molecule has 0 N–H and O–H groups in total. The molecule has 0 bridgehead atoms. The highest BCUT2D eigenvalue weighted by Gasteiger charge is 2.14. The van der Waals surface area contributed by atoms with Crippen LogP contribution in [0.25, 0.3) is 0 Å². The molecule has 0 aliphatic heterocycles. The number of halogens is 1. The van der Waals surface area contributed by atoms with Crippen molar-refractivity contribution in [2.45, 2.75) is 57.6 Å². The molecule has 2 nitrogen and oxygen atoms in total. The van der Waals surface area contributed by atoms with Crippen molar-refractivity contribution in [3.8, 4) is 0 Å². The summed E-state index contributed by atoms with van der Waals surface area (Å²) >= 11 is 0. The van der Waals surface area contributed by atoms with Crippen LogP contribution < -0.4 is 0 Å². The second-order valence-corrected chi connectivity index (χ2v) is 8.24. The lowest BCUT2D eigenvalue weighted by atomic mass is 10.1. The molecule has 0 unspecified atom stereocenters. The average molecular weight is 300 g/mol. The van der Waals surface area contributed by atoms with Gasteiger partial charge in [0.25, 0.3) is 0 Å². The van der Waals surface area contributed by atoms with E-state index in [1.807, 2.05) is 12.1 Å². The lowest BCUT2D eigenvalue weighted by Crippen LogP contribution is -2.17. The third kappa shape index (κ3) is 6.51. The minimum atomic E-state index is -2.87. The van der Waals surface area contributed by atoms with E-state index in [4.69, 9.17) is 0 Å². The third-order valence-corrected chi connectivity index (χ3v) is 5.82. The molecule has 0 aliphatic rings. The maximum atomic E-state index is 12.7. The zero-order valence-corrected chi connectivity index (χ0v) is 13.3. The Morgan fingerprint density at radius 3 is 2.10 bits per heavy atom. The Labute approximate surface area is 122 Å². The van der Waals surface area contributed by atoms with Gasteiger partial charge in [-0.05, 0) is 50.8 Å². The van der Waals surface area contributed by atoms with Crippen LogP contribution in [0.5, 0.6) is 0 Å². The van der Waals surface area contributed by atoms with Crippen molar-refractivity contribution >= 4 is 9.84 Å². The second kappa shape index (κ2) is 8.40. The minimum Gasteiger partial charge on any atom is -0.229 e. The SMILES string of the molecule is CC(C)S(=O)(=O)CCCCCCCc1ccc(F)cc1. The van der Waals surface area contributed by atoms with E-state index in [9.17, 15) is 12.8 Å². The van der Waals surface area contributed by atoms with E-state index in [0.717, 1.165) is 44.1 Å². The van der Waals surface area contributed by atoms with Gasteiger partial charge in [-0.3, -0.25) is 0 Å². The fourth-order valence-electron chi connectivity index (χ4n) is 2.05. The predicted molar refractivity (Wildman–Crippen MR) is 82.1 cm³/mol. The van der Waals surface area contributed by atoms with Crippen LogP contribution in [0.3, 0.4) is 0 Å². The van der Waals surface area contributed by atoms with Gasteiger partial charge in [-0.15, -0.1) is 0 Å². The lowest BCUT2D eigenvalue weighted by molar-refractivity contribution is 0.577. The number of hydrogen-bond acceptors (Lipinski definition) is 2. The van der Waals surface area contributed by atoms with Gasteiger partial charge in [-0.2, -0.15) is 0 Å². The fourth-order valence-corrected chi connectivity index (χ4v) is 3.13. The molecule has 0 saturated carbocycles. The van der Waals surface area contributed by atoms with Crippen LogP contribution >= 0.6 is 0 Å². The Hall–Kier alpha value is -0.900. The maximum Gasteiger partial charge on any atom is 0.152 e. The first-order valence-corrected chi connectivity index (χ1v) is 9.09. The van der Waals surface area contributed by atoms with E-state index in [1.165, 1.54) is 12.1 Å². The van der Waals surface area contributed by atoms with Gasteiger partial charge in [-0.25, -0.2) is 12.8 Å². The quantitative estimate of drug-likeness (QED) is 0.642. The van der Waals surface area contributed by atoms with Gasteiger partial charge in [0, 0.05) is 0 Å². The van der Waals surface area contributed by atoms with Crippen molar-refractivity contribution in [1.82, 2.24) is 0 Å². The molecular formula is C16H25FO2S. The topological polar surface area (TPSA) is 34.1 Å². The molecule has 1 aromatic carbocycles. The molecule has 0 amide bonds. The maximum absolute atomic E-state index is 12.7. The van der Waals surface area contributed by atoms with Crippen molar-refractivity contribution in [1.29, 1.82) is 0 Å². The van der Waals surface area contributed by atoms with Crippen molar-refractivity contribution in [3.63, 3.8) is 0 Å². The number of benzene rings is 1. The number of sulfone groups is 1. The standard InChI is InChI=1S/C16H25FO2S/c1-14(2)20(18,19)13-7-5-3-4-6-8-15-9-11-16(17)12-10-15/h9-12,14H,3-8,13H2,1-2H3. The first-order valence-electron chi connectivity index (χ1n) is 7.38. The highest BCUT2D eigenvalue weighted by atomic mass is 32.2. The number of unbranched alkanes of at least 4 members (excludes halogenated alkanes) is 4. The van der Waals surface area contributed by atoms with E-state index in [-0.39, 0.29) is 11.1 Å². The van der Waals surface area contributed by atoms with Gasteiger partial charge in [0.2, 0.25) is 0 Å². The molecule has 1 aromatic rings. The fraction of sp³-hybridized carbons (Fsp3) is 0.625. The molecule has 20 heavy (non-hydrogen) atoms. The average Bonchev–Trinajstić information content (AvgIpc) is 2.39. The smallest absolute Gasteiger partial charge is 0.152 e. The van der Waals surface area contributed by atoms with Gasteiger partial charge < -0.3 is 0 Å². The lowest BCUT2D eigenvalue weighted by Gasteiger charge is -2.07. The largest absolute Gasteiger partial charge is 0.229 e. The van der Waals surface area contributed by atoms with E-state index in [2.05, 4.69) is 0 Å². The summed E-state index contributed by atoms with van der Waals surface area (Å²) in [6, 6.07) is 6.63. The Balaban J connectivity index is 2.07. The van der Waals surface area contributed by atoms with Crippen molar-refractivity contribution in [2.75, 3.05) is 5.75 Å². The Kier molecular flexibility index (Phi) is 7.20. The zero-order chi connectivity index (χ0) is 15.0. The summed E-state index contributed by atoms with van der Waals surface area (Å²) < 4.78 is 35.9. The molecule has 0 aliphatic carbocycles. The molecule has 0 saturated heterocycles. The third-order valence-electron chi connectivity index (χ3n) is 3.53. The molecule has 0 radical (unpaired) electrons. The monoisotopic (exact) mass is 300 g/mol. The van der Waals surface area contributed by atoms with Crippen LogP contribution in [0.2, 0.25) is 0 Å². The van der Waals surface area contributed by atoms with Crippen LogP contribution in [0.4, 0.5) is 4.39 Å². The Morgan fingerprint density at radius 2 is 1.50 bits per heavy atom. The van der Waals surface area contributed by atoms with Crippen molar-refractivity contribution in [2.24, 2.45) is 0 Å². The van der Waals surface area contributed by atoms with Gasteiger partial charge in [-0.1, -0.05) is 31.4 Å². The minimum absolute atomic E-state index is 0.194. The molecule has 0 fully saturated rings. The van der Waals surface area contributed by atoms with Crippen LogP contribution in [0.15, 0.2) is 24.3 Å². The summed E-state index contributed by atoms with van der Waals surface area (Å²) in [7, 11) is -2.87. The zero-order valence-electron chi connectivity index (χ0n) is 12.4. The molecule has 4 heteroatoms. The molecular weight excluding hydrogens is 275 g/mol. The van der Waals surface area contributed by atoms with E-state index >= 15 is 0 Å². The molecule has 114 valence electrons. The summed E-state index contributed by atoms with van der Waals surface area (Å²) in [5.74, 6) is 0.114. The molecule has 1 rings (SSSR count). The summed E-state index contributed by atoms with van der Waals surface area (Å²) in [6.45, 7) is 3.47. The van der Waals surface area contributed by atoms with Crippen LogP contribution in [-0.2, 0) is 16.3 Å².